The van der Waals surface area contributed by atoms with Crippen LogP contribution < -0.4 is 5.32 Å². The smallest absolute Gasteiger partial charge is 0.228 e. The number of carbonyl (C=O) groups is 1. The largest absolute Gasteiger partial charge is 0.326 e. The highest BCUT2D eigenvalue weighted by Crippen LogP contribution is 2.27. The second-order valence-corrected chi connectivity index (χ2v) is 8.73. The second kappa shape index (κ2) is 7.29. The number of benzene rings is 1. The minimum absolute atomic E-state index is 0.0610. The molecule has 22 heavy (non-hydrogen) atoms. The fourth-order valence-corrected chi connectivity index (χ4v) is 4.09. The number of carbonyl (C=O) groups excluding carboxylic acids is 1. The molecule has 1 aliphatic rings. The van der Waals surface area contributed by atoms with Crippen molar-refractivity contribution in [2.45, 2.75) is 19.8 Å². The first-order valence-electron chi connectivity index (χ1n) is 7.07. The molecule has 1 N–H and O–H groups in total. The fraction of sp³-hybridized carbons (Fsp3) is 0.500. The van der Waals surface area contributed by atoms with E-state index >= 15 is 0 Å². The maximum absolute atomic E-state index is 12.3. The summed E-state index contributed by atoms with van der Waals surface area (Å²) >= 11 is 9.22. The summed E-state index contributed by atoms with van der Waals surface area (Å²) in [5, 5.41) is 3.39. The lowest BCUT2D eigenvalue weighted by atomic mass is 9.99. The molecule has 1 atom stereocenters. The Morgan fingerprint density at radius 2 is 2.23 bits per heavy atom. The second-order valence-electron chi connectivity index (χ2n) is 5.22. The van der Waals surface area contributed by atoms with Crippen LogP contribution in [0.3, 0.4) is 0 Å². The Kier molecular flexibility index (Phi) is 5.87. The summed E-state index contributed by atoms with van der Waals surface area (Å²) in [6.07, 6.45) is 1.39. The number of hydrogen-bond acceptors (Lipinski definition) is 3. The number of nitrogens with zero attached hydrogens (tertiary/aromatic N) is 1. The first-order chi connectivity index (χ1) is 10.3. The standard InChI is InChI=1S/C14H18BrClN2O3S/c1-2-22(20,21)18-7-3-4-10(9-18)14(19)17-11-5-6-13(16)12(15)8-11/h5-6,8,10H,2-4,7,9H2,1H3,(H,17,19). The summed E-state index contributed by atoms with van der Waals surface area (Å²) in [5.74, 6) is -0.430. The summed E-state index contributed by atoms with van der Waals surface area (Å²) in [6.45, 7) is 2.35. The maximum Gasteiger partial charge on any atom is 0.228 e. The Morgan fingerprint density at radius 1 is 1.50 bits per heavy atom. The third-order valence-corrected chi connectivity index (χ3v) is 6.76. The highest BCUT2D eigenvalue weighted by atomic mass is 79.9. The van der Waals surface area contributed by atoms with Crippen molar-refractivity contribution in [2.75, 3.05) is 24.2 Å². The van der Waals surface area contributed by atoms with Gasteiger partial charge in [0.2, 0.25) is 15.9 Å². The molecule has 0 bridgehead atoms. The SMILES string of the molecule is CCS(=O)(=O)N1CCCC(C(=O)Nc2ccc(Cl)c(Br)c2)C1. The molecule has 0 spiro atoms. The molecule has 8 heteroatoms. The van der Waals surface area contributed by atoms with E-state index < -0.39 is 10.0 Å². The highest BCUT2D eigenvalue weighted by molar-refractivity contribution is 9.10. The summed E-state index contributed by atoms with van der Waals surface area (Å²) in [7, 11) is -3.24. The summed E-state index contributed by atoms with van der Waals surface area (Å²) < 4.78 is 26.0. The molecule has 2 rings (SSSR count). The number of piperidine rings is 1. The molecule has 0 saturated carbocycles. The number of rotatable bonds is 4. The Bertz CT molecular complexity index is 666. The zero-order valence-corrected chi connectivity index (χ0v) is 15.3. The van der Waals surface area contributed by atoms with Gasteiger partial charge in [0.05, 0.1) is 16.7 Å². The van der Waals surface area contributed by atoms with Crippen LogP contribution in [0.4, 0.5) is 5.69 Å². The molecule has 122 valence electrons. The molecule has 1 fully saturated rings. The quantitative estimate of drug-likeness (QED) is 0.831. The number of hydrogen-bond donors (Lipinski definition) is 1. The minimum atomic E-state index is -3.24. The minimum Gasteiger partial charge on any atom is -0.326 e. The number of anilines is 1. The lowest BCUT2D eigenvalue weighted by molar-refractivity contribution is -0.120. The van der Waals surface area contributed by atoms with Crippen molar-refractivity contribution >= 4 is 49.1 Å². The Balaban J connectivity index is 2.04. The summed E-state index contributed by atoms with van der Waals surface area (Å²) in [5.41, 5.74) is 0.636. The van der Waals surface area contributed by atoms with E-state index in [0.29, 0.717) is 34.6 Å². The number of sulfonamides is 1. The normalized spacial score (nSPS) is 19.9. The van der Waals surface area contributed by atoms with Crippen molar-refractivity contribution in [3.63, 3.8) is 0 Å². The van der Waals surface area contributed by atoms with E-state index in [1.54, 1.807) is 25.1 Å². The van der Waals surface area contributed by atoms with E-state index in [1.165, 1.54) is 4.31 Å². The first-order valence-corrected chi connectivity index (χ1v) is 9.85. The number of halogens is 2. The van der Waals surface area contributed by atoms with Crippen LogP contribution in [0.5, 0.6) is 0 Å². The van der Waals surface area contributed by atoms with Crippen LogP contribution in [0.15, 0.2) is 22.7 Å². The van der Waals surface area contributed by atoms with Crippen LogP contribution in [0.1, 0.15) is 19.8 Å². The molecule has 1 amide bonds. The van der Waals surface area contributed by atoms with Crippen molar-refractivity contribution in [3.8, 4) is 0 Å². The van der Waals surface area contributed by atoms with Gasteiger partial charge in [-0.1, -0.05) is 11.6 Å². The topological polar surface area (TPSA) is 66.5 Å². The van der Waals surface area contributed by atoms with Crippen LogP contribution in [0.25, 0.3) is 0 Å². The van der Waals surface area contributed by atoms with Crippen LogP contribution in [-0.2, 0) is 14.8 Å². The van der Waals surface area contributed by atoms with Crippen LogP contribution in [0.2, 0.25) is 5.02 Å². The van der Waals surface area contributed by atoms with Crippen LogP contribution >= 0.6 is 27.5 Å². The lowest BCUT2D eigenvalue weighted by Crippen LogP contribution is -2.44. The van der Waals surface area contributed by atoms with Gasteiger partial charge in [0, 0.05) is 23.2 Å². The van der Waals surface area contributed by atoms with Gasteiger partial charge in [0.25, 0.3) is 0 Å². The molecular weight excluding hydrogens is 392 g/mol. The summed E-state index contributed by atoms with van der Waals surface area (Å²) in [4.78, 5) is 12.3. The van der Waals surface area contributed by atoms with Gasteiger partial charge in [-0.15, -0.1) is 0 Å². The molecule has 5 nitrogen and oxygen atoms in total. The van der Waals surface area contributed by atoms with Gasteiger partial charge in [-0.05, 0) is 53.9 Å². The van der Waals surface area contributed by atoms with Gasteiger partial charge >= 0.3 is 0 Å². The van der Waals surface area contributed by atoms with Gasteiger partial charge in [0.15, 0.2) is 0 Å². The van der Waals surface area contributed by atoms with Gasteiger partial charge in [-0.3, -0.25) is 4.79 Å². The molecule has 1 aliphatic heterocycles. The van der Waals surface area contributed by atoms with E-state index in [2.05, 4.69) is 21.2 Å². The molecule has 1 unspecified atom stereocenters. The van der Waals surface area contributed by atoms with Crippen molar-refractivity contribution < 1.29 is 13.2 Å². The Labute approximate surface area is 144 Å². The third kappa shape index (κ3) is 4.22. The average molecular weight is 410 g/mol. The Morgan fingerprint density at radius 3 is 2.86 bits per heavy atom. The van der Waals surface area contributed by atoms with E-state index in [-0.39, 0.29) is 24.1 Å². The van der Waals surface area contributed by atoms with E-state index in [9.17, 15) is 13.2 Å². The molecule has 0 aromatic heterocycles. The molecular formula is C14H18BrClN2O3S. The Hall–Kier alpha value is -0.630. The van der Waals surface area contributed by atoms with E-state index in [4.69, 9.17) is 11.6 Å². The summed E-state index contributed by atoms with van der Waals surface area (Å²) in [6, 6.07) is 5.13. The fourth-order valence-electron chi connectivity index (χ4n) is 2.41. The van der Waals surface area contributed by atoms with Crippen LogP contribution in [0, 0.1) is 5.92 Å². The van der Waals surface area contributed by atoms with Crippen molar-refractivity contribution in [2.24, 2.45) is 5.92 Å². The van der Waals surface area contributed by atoms with Gasteiger partial charge in [-0.2, -0.15) is 0 Å². The van der Waals surface area contributed by atoms with Crippen molar-refractivity contribution in [3.05, 3.63) is 27.7 Å². The van der Waals surface area contributed by atoms with Crippen molar-refractivity contribution in [1.82, 2.24) is 4.31 Å². The highest BCUT2D eigenvalue weighted by Gasteiger charge is 2.31. The average Bonchev–Trinajstić information content (AvgIpc) is 2.51. The molecule has 0 aliphatic carbocycles. The molecule has 1 aromatic carbocycles. The van der Waals surface area contributed by atoms with E-state index in [0.717, 1.165) is 0 Å². The van der Waals surface area contributed by atoms with Gasteiger partial charge in [-0.25, -0.2) is 12.7 Å². The monoisotopic (exact) mass is 408 g/mol. The predicted molar refractivity (Wildman–Crippen MR) is 91.5 cm³/mol. The van der Waals surface area contributed by atoms with E-state index in [1.807, 2.05) is 0 Å². The van der Waals surface area contributed by atoms with Gasteiger partial charge < -0.3 is 5.32 Å². The molecule has 1 aromatic rings. The predicted octanol–water partition coefficient (Wildman–Crippen LogP) is 3.10. The zero-order valence-electron chi connectivity index (χ0n) is 12.2. The van der Waals surface area contributed by atoms with Crippen molar-refractivity contribution in [1.29, 1.82) is 0 Å². The zero-order chi connectivity index (χ0) is 16.3. The number of nitrogens with one attached hydrogen (secondary N) is 1. The van der Waals surface area contributed by atoms with Crippen LogP contribution in [-0.4, -0.2) is 37.5 Å². The maximum atomic E-state index is 12.3. The lowest BCUT2D eigenvalue weighted by Gasteiger charge is -2.30. The third-order valence-electron chi connectivity index (χ3n) is 3.70. The molecule has 0 radical (unpaired) electrons. The molecule has 1 heterocycles. The van der Waals surface area contributed by atoms with Gasteiger partial charge in [0.1, 0.15) is 0 Å². The number of amides is 1. The first kappa shape index (κ1) is 17.7. The molecule has 1 saturated heterocycles.